The van der Waals surface area contributed by atoms with Crippen LogP contribution in [0.3, 0.4) is 0 Å². The summed E-state index contributed by atoms with van der Waals surface area (Å²) in [6.45, 7) is 2.71. The molecule has 17 heteroatoms. The van der Waals surface area contributed by atoms with Gasteiger partial charge in [-0.1, -0.05) is 5.16 Å². The molecule has 1 aromatic rings. The number of nitrogens with zero attached hydrogens (tertiary/aromatic N) is 3. The zero-order valence-electron chi connectivity index (χ0n) is 16.8. The maximum Gasteiger partial charge on any atom is 0.362 e. The average Bonchev–Trinajstić information content (AvgIpc) is 3.07. The Balaban J connectivity index is 2.32. The Labute approximate surface area is 185 Å². The number of carbonyl (C=O) groups is 4. The van der Waals surface area contributed by atoms with Crippen molar-refractivity contribution < 1.29 is 46.8 Å². The van der Waals surface area contributed by atoms with Crippen molar-refractivity contribution in [2.75, 3.05) is 12.3 Å². The Hall–Kier alpha value is -3.31. The first kappa shape index (κ1) is 25.0. The number of amides is 2. The van der Waals surface area contributed by atoms with Crippen molar-refractivity contribution in [1.82, 2.24) is 14.6 Å². The number of carboxylic acids is 1. The molecular formula is C15H19N5O10S2. The lowest BCUT2D eigenvalue weighted by Crippen LogP contribution is -2.73. The molecule has 15 nitrogen and oxygen atoms in total. The summed E-state index contributed by atoms with van der Waals surface area (Å²) in [4.78, 5) is 56.1. The fourth-order valence-corrected chi connectivity index (χ4v) is 3.75. The minimum atomic E-state index is -5.00. The van der Waals surface area contributed by atoms with Crippen LogP contribution in [0.15, 0.2) is 10.5 Å². The van der Waals surface area contributed by atoms with Gasteiger partial charge in [-0.25, -0.2) is 14.1 Å². The second-order valence-electron chi connectivity index (χ2n) is 6.85. The second kappa shape index (κ2) is 9.05. The number of rotatable bonds is 9. The molecule has 0 spiro atoms. The van der Waals surface area contributed by atoms with E-state index in [0.717, 1.165) is 18.3 Å². The maximum absolute atomic E-state index is 12.8. The summed E-state index contributed by atoms with van der Waals surface area (Å²) in [5.41, 5.74) is 3.04. The summed E-state index contributed by atoms with van der Waals surface area (Å²) < 4.78 is 36.8. The van der Waals surface area contributed by atoms with Crippen molar-refractivity contribution in [2.24, 2.45) is 5.16 Å². The number of aliphatic carboxylic acids is 1. The first-order valence-electron chi connectivity index (χ1n) is 8.61. The molecule has 0 aliphatic carbocycles. The van der Waals surface area contributed by atoms with Crippen LogP contribution in [0.5, 0.6) is 0 Å². The Morgan fingerprint density at radius 1 is 1.41 bits per heavy atom. The van der Waals surface area contributed by atoms with E-state index in [0.29, 0.717) is 0 Å². The lowest BCUT2D eigenvalue weighted by Gasteiger charge is -2.43. The van der Waals surface area contributed by atoms with Crippen LogP contribution in [0, 0.1) is 0 Å². The fourth-order valence-electron chi connectivity index (χ4n) is 2.34. The molecule has 176 valence electrons. The van der Waals surface area contributed by atoms with Gasteiger partial charge in [0, 0.05) is 12.3 Å². The molecule has 0 radical (unpaired) electrons. The highest BCUT2D eigenvalue weighted by Gasteiger charge is 2.54. The molecule has 1 fully saturated rings. The fraction of sp³-hybridized carbons (Fsp3) is 0.467. The predicted molar refractivity (Wildman–Crippen MR) is 107 cm³/mol. The number of nitrogens with one attached hydrogen (secondary N) is 1. The number of aromatic nitrogens is 1. The summed E-state index contributed by atoms with van der Waals surface area (Å²) in [5.74, 6) is -4.49. The van der Waals surface area contributed by atoms with E-state index in [1.807, 2.05) is 0 Å². The molecule has 5 N–H and O–H groups in total. The van der Waals surface area contributed by atoms with Gasteiger partial charge in [0.15, 0.2) is 10.8 Å². The molecule has 2 atom stereocenters. The molecule has 32 heavy (non-hydrogen) atoms. The lowest BCUT2D eigenvalue weighted by atomic mass is 9.99. The number of hydrogen-bond donors (Lipinski definition) is 4. The van der Waals surface area contributed by atoms with Crippen LogP contribution in [0.1, 0.15) is 26.5 Å². The summed E-state index contributed by atoms with van der Waals surface area (Å²) in [6.07, 6.45) is 0. The molecule has 0 saturated carbocycles. The second-order valence-corrected chi connectivity index (χ2v) is 9.03. The number of nitrogens with two attached hydrogens (primary N) is 1. The summed E-state index contributed by atoms with van der Waals surface area (Å²) in [5, 5.41) is 16.2. The molecule has 2 amide bonds. The third-order valence-corrected chi connectivity index (χ3v) is 5.64. The third-order valence-electron chi connectivity index (χ3n) is 4.02. The zero-order valence-corrected chi connectivity index (χ0v) is 18.5. The molecular weight excluding hydrogens is 474 g/mol. The van der Waals surface area contributed by atoms with Crippen LogP contribution >= 0.6 is 11.3 Å². The third kappa shape index (κ3) is 5.48. The Morgan fingerprint density at radius 2 is 2.03 bits per heavy atom. The number of carboxylic acid groups (broad SMARTS) is 1. The van der Waals surface area contributed by atoms with E-state index in [1.165, 1.54) is 19.2 Å². The molecule has 1 aliphatic heterocycles. The monoisotopic (exact) mass is 493 g/mol. The Kier molecular flexibility index (Phi) is 7.06. The topological polar surface area (TPSA) is 228 Å². The Bertz CT molecular complexity index is 1080. The van der Waals surface area contributed by atoms with Crippen LogP contribution in [-0.2, 0) is 39.1 Å². The molecule has 2 rings (SSSR count). The quantitative estimate of drug-likeness (QED) is 0.0999. The highest BCUT2D eigenvalue weighted by atomic mass is 32.2. The van der Waals surface area contributed by atoms with Gasteiger partial charge in [-0.2, -0.15) is 8.42 Å². The van der Waals surface area contributed by atoms with Gasteiger partial charge in [0.1, 0.15) is 24.4 Å². The molecule has 0 aromatic carbocycles. The van der Waals surface area contributed by atoms with Crippen molar-refractivity contribution in [3.63, 3.8) is 0 Å². The number of β-lactam (4-membered cyclic amide) rings is 1. The van der Waals surface area contributed by atoms with Gasteiger partial charge in [-0.05, 0) is 13.8 Å². The van der Waals surface area contributed by atoms with Crippen molar-refractivity contribution in [1.29, 1.82) is 0 Å². The maximum atomic E-state index is 12.8. The van der Waals surface area contributed by atoms with Gasteiger partial charge in [-0.15, -0.1) is 11.3 Å². The van der Waals surface area contributed by atoms with Gasteiger partial charge in [-0.3, -0.25) is 18.9 Å². The number of esters is 1. The smallest absolute Gasteiger partial charge is 0.362 e. The number of anilines is 1. The minimum absolute atomic E-state index is 0.0442. The van der Waals surface area contributed by atoms with Crippen LogP contribution in [0.25, 0.3) is 0 Å². The van der Waals surface area contributed by atoms with Crippen LogP contribution in [-0.4, -0.2) is 81.1 Å². The van der Waals surface area contributed by atoms with E-state index in [1.54, 1.807) is 0 Å². The standard InChI is InChI=1S/C15H19N5O10S2/c1-6(21)29-4-8-10(12(23)20(8)32(26,27)28)18-11(22)9(7-5-31-14(16)17-7)19-30-15(2,3)13(24)25/h5,8,10H,4H2,1-3H3,(H2,16,17)(H,18,22)(H,24,25)(H,26,27,28)/t8-,10+/m0/s1. The predicted octanol–water partition coefficient (Wildman–Crippen LogP) is -1.63. The van der Waals surface area contributed by atoms with Crippen LogP contribution < -0.4 is 11.1 Å². The summed E-state index contributed by atoms with van der Waals surface area (Å²) >= 11 is 0.934. The van der Waals surface area contributed by atoms with Gasteiger partial charge < -0.3 is 25.7 Å². The largest absolute Gasteiger partial charge is 0.478 e. The van der Waals surface area contributed by atoms with Crippen molar-refractivity contribution in [2.45, 2.75) is 38.5 Å². The van der Waals surface area contributed by atoms with Gasteiger partial charge >= 0.3 is 22.2 Å². The molecule has 2 heterocycles. The lowest BCUT2D eigenvalue weighted by molar-refractivity contribution is -0.161. The van der Waals surface area contributed by atoms with E-state index in [4.69, 9.17) is 20.4 Å². The number of hydrogen-bond acceptors (Lipinski definition) is 12. The molecule has 1 saturated heterocycles. The number of nitrogen functional groups attached to an aromatic ring is 1. The molecule has 1 aromatic heterocycles. The van der Waals surface area contributed by atoms with Gasteiger partial charge in [0.2, 0.25) is 5.60 Å². The van der Waals surface area contributed by atoms with Crippen molar-refractivity contribution in [3.05, 3.63) is 11.1 Å². The average molecular weight is 493 g/mol. The van der Waals surface area contributed by atoms with E-state index in [-0.39, 0.29) is 15.1 Å². The van der Waals surface area contributed by atoms with Crippen LogP contribution in [0.2, 0.25) is 0 Å². The number of carbonyl (C=O) groups excluding carboxylic acids is 3. The van der Waals surface area contributed by atoms with Gasteiger partial charge in [0.05, 0.1) is 0 Å². The highest BCUT2D eigenvalue weighted by molar-refractivity contribution is 7.84. The van der Waals surface area contributed by atoms with E-state index in [9.17, 15) is 32.1 Å². The molecule has 1 aliphatic rings. The van der Waals surface area contributed by atoms with E-state index in [2.05, 4.69) is 15.5 Å². The summed E-state index contributed by atoms with van der Waals surface area (Å²) in [6, 6.07) is -2.97. The summed E-state index contributed by atoms with van der Waals surface area (Å²) in [7, 11) is -5.00. The number of oxime groups is 1. The number of thiazole rings is 1. The van der Waals surface area contributed by atoms with Crippen molar-refractivity contribution in [3.8, 4) is 0 Å². The minimum Gasteiger partial charge on any atom is -0.478 e. The van der Waals surface area contributed by atoms with Gasteiger partial charge in [0.25, 0.3) is 11.8 Å². The molecule has 0 bridgehead atoms. The molecule has 0 unspecified atom stereocenters. The zero-order chi connectivity index (χ0) is 24.4. The first-order chi connectivity index (χ1) is 14.6. The van der Waals surface area contributed by atoms with Crippen molar-refractivity contribution >= 4 is 56.2 Å². The normalized spacial score (nSPS) is 19.2. The van der Waals surface area contributed by atoms with Crippen LogP contribution in [0.4, 0.5) is 5.13 Å². The SMILES string of the molecule is CC(=O)OC[C@H]1[C@@H](NC(=O)C(=NOC(C)(C)C(=O)O)c2csc(N)n2)C(=O)N1S(=O)(=O)O. The van der Waals surface area contributed by atoms with E-state index < -0.39 is 64.1 Å². The first-order valence-corrected chi connectivity index (χ1v) is 10.9. The Morgan fingerprint density at radius 3 is 2.50 bits per heavy atom. The highest BCUT2D eigenvalue weighted by Crippen LogP contribution is 2.24. The van der Waals surface area contributed by atoms with E-state index >= 15 is 0 Å². The number of ether oxygens (including phenoxy) is 1.